The predicted octanol–water partition coefficient (Wildman–Crippen LogP) is 8.40. The highest BCUT2D eigenvalue weighted by molar-refractivity contribution is 5.91. The lowest BCUT2D eigenvalue weighted by molar-refractivity contribution is -0.119. The van der Waals surface area contributed by atoms with Crippen molar-refractivity contribution in [2.75, 3.05) is 0 Å². The predicted molar refractivity (Wildman–Crippen MR) is 132 cm³/mol. The van der Waals surface area contributed by atoms with E-state index in [1.54, 1.807) is 0 Å². The second-order valence-electron chi connectivity index (χ2n) is 12.9. The molecule has 0 N–H and O–H groups in total. The molecule has 174 valence electrons. The van der Waals surface area contributed by atoms with Crippen LogP contribution in [-0.4, -0.2) is 5.78 Å². The normalized spacial score (nSPS) is 43.1. The molecule has 0 aromatic carbocycles. The van der Waals surface area contributed by atoms with Crippen molar-refractivity contribution in [2.45, 2.75) is 105 Å². The van der Waals surface area contributed by atoms with Crippen LogP contribution in [0.1, 0.15) is 105 Å². The minimum atomic E-state index is 0.276. The maximum atomic E-state index is 12.3. The molecule has 8 atom stereocenters. The van der Waals surface area contributed by atoms with Crippen LogP contribution in [0.25, 0.3) is 0 Å². The molecule has 3 fully saturated rings. The van der Waals surface area contributed by atoms with E-state index in [2.05, 4.69) is 53.3 Å². The van der Waals surface area contributed by atoms with Crippen molar-refractivity contribution in [1.29, 1.82) is 0 Å². The van der Waals surface area contributed by atoms with Crippen LogP contribution in [0.3, 0.4) is 0 Å². The van der Waals surface area contributed by atoms with Crippen LogP contribution in [0.5, 0.6) is 0 Å². The Morgan fingerprint density at radius 3 is 2.58 bits per heavy atom. The first-order chi connectivity index (χ1) is 14.7. The van der Waals surface area contributed by atoms with Gasteiger partial charge in [0.05, 0.1) is 0 Å². The molecule has 1 nitrogen and oxygen atoms in total. The highest BCUT2D eigenvalue weighted by atomic mass is 16.1. The fraction of sp³-hybridized carbons (Fsp3) is 0.833. The summed E-state index contributed by atoms with van der Waals surface area (Å²) < 4.78 is 0. The maximum absolute atomic E-state index is 12.3. The number of hydrogen-bond donors (Lipinski definition) is 0. The van der Waals surface area contributed by atoms with E-state index in [0.29, 0.717) is 17.1 Å². The van der Waals surface area contributed by atoms with E-state index < -0.39 is 0 Å². The van der Waals surface area contributed by atoms with Gasteiger partial charge in [-0.05, 0) is 103 Å². The van der Waals surface area contributed by atoms with Gasteiger partial charge in [-0.3, -0.25) is 4.79 Å². The van der Waals surface area contributed by atoms with Crippen LogP contribution < -0.4 is 0 Å². The molecule has 4 aliphatic carbocycles. The number of carbonyl (C=O) groups is 1. The van der Waals surface area contributed by atoms with Crippen LogP contribution >= 0.6 is 0 Å². The van der Waals surface area contributed by atoms with Crippen LogP contribution in [0.4, 0.5) is 0 Å². The average molecular weight is 425 g/mol. The molecule has 0 aromatic heterocycles. The summed E-state index contributed by atoms with van der Waals surface area (Å²) in [6.07, 6.45) is 18.3. The van der Waals surface area contributed by atoms with Gasteiger partial charge in [0, 0.05) is 6.42 Å². The minimum Gasteiger partial charge on any atom is -0.295 e. The van der Waals surface area contributed by atoms with Gasteiger partial charge < -0.3 is 0 Å². The van der Waals surface area contributed by atoms with E-state index in [0.717, 1.165) is 61.2 Å². The molecule has 0 aromatic rings. The van der Waals surface area contributed by atoms with Gasteiger partial charge in [0.25, 0.3) is 0 Å². The molecule has 31 heavy (non-hydrogen) atoms. The third-order valence-corrected chi connectivity index (χ3v) is 10.8. The Morgan fingerprint density at radius 1 is 1.10 bits per heavy atom. The van der Waals surface area contributed by atoms with E-state index in [4.69, 9.17) is 0 Å². The summed E-state index contributed by atoms with van der Waals surface area (Å²) in [4.78, 5) is 12.3. The number of ketones is 1. The Hall–Kier alpha value is -0.850. The minimum absolute atomic E-state index is 0.276. The van der Waals surface area contributed by atoms with Crippen molar-refractivity contribution in [3.8, 4) is 0 Å². The van der Waals surface area contributed by atoms with Crippen molar-refractivity contribution in [3.05, 3.63) is 24.3 Å². The quantitative estimate of drug-likeness (QED) is 0.375. The van der Waals surface area contributed by atoms with Gasteiger partial charge >= 0.3 is 0 Å². The van der Waals surface area contributed by atoms with Gasteiger partial charge in [0.15, 0.2) is 5.78 Å². The Kier molecular flexibility index (Phi) is 6.64. The molecule has 0 heterocycles. The van der Waals surface area contributed by atoms with Crippen molar-refractivity contribution in [2.24, 2.45) is 52.3 Å². The van der Waals surface area contributed by atoms with Crippen LogP contribution in [-0.2, 0) is 4.79 Å². The van der Waals surface area contributed by atoms with Crippen LogP contribution in [0, 0.1) is 52.3 Å². The number of carbonyl (C=O) groups excluding carboxylic acids is 1. The molecule has 1 heteroatoms. The highest BCUT2D eigenvalue weighted by Gasteiger charge is 2.61. The lowest BCUT2D eigenvalue weighted by Gasteiger charge is -2.61. The van der Waals surface area contributed by atoms with Gasteiger partial charge in [-0.25, -0.2) is 0 Å². The summed E-state index contributed by atoms with van der Waals surface area (Å²) in [5, 5.41) is 0. The molecule has 0 aliphatic heterocycles. The zero-order valence-electron chi connectivity index (χ0n) is 21.1. The fourth-order valence-electron chi connectivity index (χ4n) is 9.18. The van der Waals surface area contributed by atoms with Crippen molar-refractivity contribution in [3.63, 3.8) is 0 Å². The molecule has 0 radical (unpaired) electrons. The van der Waals surface area contributed by atoms with Gasteiger partial charge in [0.2, 0.25) is 0 Å². The zero-order valence-corrected chi connectivity index (χ0v) is 21.1. The molecule has 4 rings (SSSR count). The molecular weight excluding hydrogens is 376 g/mol. The lowest BCUT2D eigenvalue weighted by atomic mass is 9.44. The van der Waals surface area contributed by atoms with Gasteiger partial charge in [0.1, 0.15) is 0 Å². The molecule has 0 amide bonds. The van der Waals surface area contributed by atoms with Crippen LogP contribution in [0.15, 0.2) is 24.3 Å². The highest BCUT2D eigenvalue weighted by Crippen LogP contribution is 2.69. The van der Waals surface area contributed by atoms with Crippen molar-refractivity contribution in [1.82, 2.24) is 0 Å². The Bertz CT molecular complexity index is 716. The number of hydrogen-bond acceptors (Lipinski definition) is 1. The number of allylic oxidation sites excluding steroid dienone is 2. The second-order valence-corrected chi connectivity index (χ2v) is 12.9. The summed E-state index contributed by atoms with van der Waals surface area (Å²) in [6.45, 7) is 16.6. The topological polar surface area (TPSA) is 17.1 Å². The maximum Gasteiger partial charge on any atom is 0.155 e. The summed E-state index contributed by atoms with van der Waals surface area (Å²) in [5.41, 5.74) is 2.30. The summed E-state index contributed by atoms with van der Waals surface area (Å²) >= 11 is 0. The summed E-state index contributed by atoms with van der Waals surface area (Å²) in [5.74, 6) is 6.18. The zero-order chi connectivity index (χ0) is 22.4. The molecule has 4 aliphatic rings. The third kappa shape index (κ3) is 4.02. The molecular formula is C30H48O. The van der Waals surface area contributed by atoms with E-state index in [-0.39, 0.29) is 5.41 Å². The van der Waals surface area contributed by atoms with Crippen molar-refractivity contribution < 1.29 is 4.79 Å². The second kappa shape index (κ2) is 8.83. The molecule has 0 bridgehead atoms. The molecule has 8 unspecified atom stereocenters. The van der Waals surface area contributed by atoms with Crippen LogP contribution in [0.2, 0.25) is 0 Å². The fourth-order valence-corrected chi connectivity index (χ4v) is 9.18. The van der Waals surface area contributed by atoms with Gasteiger partial charge in [-0.15, -0.1) is 6.58 Å². The first-order valence-electron chi connectivity index (χ1n) is 13.6. The molecule has 0 saturated heterocycles. The van der Waals surface area contributed by atoms with Gasteiger partial charge in [-0.2, -0.15) is 0 Å². The Morgan fingerprint density at radius 2 is 1.87 bits per heavy atom. The Balaban J connectivity index is 1.58. The summed E-state index contributed by atoms with van der Waals surface area (Å²) in [7, 11) is 0. The number of rotatable bonds is 7. The monoisotopic (exact) mass is 424 g/mol. The lowest BCUT2D eigenvalue weighted by Crippen LogP contribution is -2.54. The smallest absolute Gasteiger partial charge is 0.155 e. The third-order valence-electron chi connectivity index (χ3n) is 10.8. The first kappa shape index (κ1) is 23.3. The standard InChI is InChI=1S/C30H48O/c1-7-9-22-18-23-19-24(31)14-16-29(23,5)27-15-17-30(6)25(12-13-26(30)28(22)27)21(4)11-8-10-20(2)3/h7,19-22,25-28H,1,8-18H2,2-6H3. The van der Waals surface area contributed by atoms with E-state index in [1.165, 1.54) is 50.5 Å². The molecule has 0 spiro atoms. The summed E-state index contributed by atoms with van der Waals surface area (Å²) in [6, 6.07) is 0. The largest absolute Gasteiger partial charge is 0.295 e. The SMILES string of the molecule is C=CCC1CC2=CC(=O)CCC2(C)C2CCC3(C)C(C(C)CCCC(C)C)CCC3C12. The van der Waals surface area contributed by atoms with Crippen molar-refractivity contribution >= 4 is 5.78 Å². The Labute approximate surface area is 192 Å². The first-order valence-corrected chi connectivity index (χ1v) is 13.6. The van der Waals surface area contributed by atoms with Gasteiger partial charge in [-0.1, -0.05) is 65.5 Å². The number of fused-ring (bicyclic) bond motifs is 5. The molecule has 3 saturated carbocycles. The van der Waals surface area contributed by atoms with E-state index in [9.17, 15) is 4.79 Å². The van der Waals surface area contributed by atoms with E-state index in [1.807, 2.05) is 0 Å². The average Bonchev–Trinajstić information content (AvgIpc) is 3.06. The van der Waals surface area contributed by atoms with E-state index >= 15 is 0 Å².